The van der Waals surface area contributed by atoms with Gasteiger partial charge in [-0.15, -0.1) is 0 Å². The van der Waals surface area contributed by atoms with E-state index in [0.717, 1.165) is 5.76 Å². The highest BCUT2D eigenvalue weighted by molar-refractivity contribution is 5.94. The van der Waals surface area contributed by atoms with Gasteiger partial charge in [-0.25, -0.2) is 9.97 Å². The Hall–Kier alpha value is -2.37. The first kappa shape index (κ1) is 13.1. The molecule has 6 heteroatoms. The van der Waals surface area contributed by atoms with Gasteiger partial charge in [0.15, 0.2) is 0 Å². The Balaban J connectivity index is 2.08. The van der Waals surface area contributed by atoms with Crippen molar-refractivity contribution >= 4 is 11.7 Å². The fourth-order valence-corrected chi connectivity index (χ4v) is 1.62. The summed E-state index contributed by atoms with van der Waals surface area (Å²) in [5.41, 5.74) is 0.537. The maximum Gasteiger partial charge on any atom is 0.252 e. The van der Waals surface area contributed by atoms with Gasteiger partial charge in [-0.3, -0.25) is 4.79 Å². The molecule has 0 aromatic carbocycles. The van der Waals surface area contributed by atoms with E-state index in [0.29, 0.717) is 17.3 Å². The van der Waals surface area contributed by atoms with Gasteiger partial charge in [0.25, 0.3) is 5.91 Å². The molecule has 100 valence electrons. The van der Waals surface area contributed by atoms with Crippen LogP contribution in [0.1, 0.15) is 35.0 Å². The Morgan fingerprint density at radius 1 is 1.42 bits per heavy atom. The first-order chi connectivity index (χ1) is 9.10. The number of carbonyl (C=O) groups is 1. The van der Waals surface area contributed by atoms with Crippen LogP contribution in [-0.2, 0) is 0 Å². The minimum absolute atomic E-state index is 0.192. The van der Waals surface area contributed by atoms with Crippen LogP contribution in [-0.4, -0.2) is 22.9 Å². The lowest BCUT2D eigenvalue weighted by atomic mass is 10.2. The van der Waals surface area contributed by atoms with Gasteiger partial charge in [0.05, 0.1) is 6.20 Å². The van der Waals surface area contributed by atoms with E-state index in [2.05, 4.69) is 20.6 Å². The molecule has 1 atom stereocenters. The molecule has 0 aliphatic carbocycles. The van der Waals surface area contributed by atoms with Crippen LogP contribution in [0.15, 0.2) is 28.9 Å². The van der Waals surface area contributed by atoms with Crippen molar-refractivity contribution in [2.75, 3.05) is 12.4 Å². The summed E-state index contributed by atoms with van der Waals surface area (Å²) in [6.07, 6.45) is 3.21. The highest BCUT2D eigenvalue weighted by Crippen LogP contribution is 2.13. The van der Waals surface area contributed by atoms with Crippen molar-refractivity contribution in [3.63, 3.8) is 0 Å². The minimum atomic E-state index is -0.285. The van der Waals surface area contributed by atoms with Crippen LogP contribution in [0.2, 0.25) is 0 Å². The largest absolute Gasteiger partial charge is 0.444 e. The van der Waals surface area contributed by atoms with Gasteiger partial charge in [0, 0.05) is 18.8 Å². The molecular weight excluding hydrogens is 244 g/mol. The SMILES string of the molecule is CNc1cc(C(=O)NC(C)c2ncc(C)o2)ccn1. The first-order valence-corrected chi connectivity index (χ1v) is 5.97. The molecule has 0 radical (unpaired) electrons. The van der Waals surface area contributed by atoms with Gasteiger partial charge >= 0.3 is 0 Å². The Morgan fingerprint density at radius 2 is 2.21 bits per heavy atom. The highest BCUT2D eigenvalue weighted by atomic mass is 16.4. The molecule has 19 heavy (non-hydrogen) atoms. The third-order valence-electron chi connectivity index (χ3n) is 2.64. The Bertz CT molecular complexity index is 580. The molecule has 2 aromatic heterocycles. The predicted octanol–water partition coefficient (Wildman–Crippen LogP) is 1.91. The number of aryl methyl sites for hydroxylation is 1. The smallest absolute Gasteiger partial charge is 0.252 e. The van der Waals surface area contributed by atoms with Crippen LogP contribution in [0.25, 0.3) is 0 Å². The summed E-state index contributed by atoms with van der Waals surface area (Å²) in [5, 5.41) is 5.71. The van der Waals surface area contributed by atoms with Crippen molar-refractivity contribution in [2.24, 2.45) is 0 Å². The molecule has 0 aliphatic rings. The lowest BCUT2D eigenvalue weighted by Crippen LogP contribution is -2.26. The van der Waals surface area contributed by atoms with Gasteiger partial charge in [-0.05, 0) is 26.0 Å². The second kappa shape index (κ2) is 5.51. The molecule has 0 spiro atoms. The molecule has 2 aromatic rings. The van der Waals surface area contributed by atoms with Gasteiger partial charge in [-0.1, -0.05) is 0 Å². The van der Waals surface area contributed by atoms with E-state index < -0.39 is 0 Å². The Morgan fingerprint density at radius 3 is 2.84 bits per heavy atom. The summed E-state index contributed by atoms with van der Waals surface area (Å²) in [7, 11) is 1.75. The number of hydrogen-bond donors (Lipinski definition) is 2. The number of aromatic nitrogens is 2. The summed E-state index contributed by atoms with van der Waals surface area (Å²) >= 11 is 0. The van der Waals surface area contributed by atoms with Crippen LogP contribution in [0, 0.1) is 6.92 Å². The normalized spacial score (nSPS) is 11.9. The van der Waals surface area contributed by atoms with Gasteiger partial charge in [0.1, 0.15) is 17.6 Å². The number of hydrogen-bond acceptors (Lipinski definition) is 5. The fourth-order valence-electron chi connectivity index (χ4n) is 1.62. The maximum atomic E-state index is 12.1. The van der Waals surface area contributed by atoms with E-state index in [-0.39, 0.29) is 11.9 Å². The van der Waals surface area contributed by atoms with E-state index in [9.17, 15) is 4.79 Å². The van der Waals surface area contributed by atoms with Crippen LogP contribution in [0.3, 0.4) is 0 Å². The number of nitrogens with one attached hydrogen (secondary N) is 2. The lowest BCUT2D eigenvalue weighted by molar-refractivity contribution is 0.0934. The Kier molecular flexibility index (Phi) is 3.79. The van der Waals surface area contributed by atoms with Crippen molar-refractivity contribution in [3.8, 4) is 0 Å². The molecule has 0 aliphatic heterocycles. The molecule has 0 bridgehead atoms. The summed E-state index contributed by atoms with van der Waals surface area (Å²) in [4.78, 5) is 20.2. The summed E-state index contributed by atoms with van der Waals surface area (Å²) in [5.74, 6) is 1.67. The molecule has 2 rings (SSSR count). The fraction of sp³-hybridized carbons (Fsp3) is 0.308. The second-order valence-corrected chi connectivity index (χ2v) is 4.18. The molecule has 2 N–H and O–H groups in total. The number of pyridine rings is 1. The van der Waals surface area contributed by atoms with Crippen molar-refractivity contribution in [1.82, 2.24) is 15.3 Å². The van der Waals surface area contributed by atoms with Crippen LogP contribution in [0.5, 0.6) is 0 Å². The standard InChI is InChI=1S/C13H16N4O2/c1-8-7-16-13(19-8)9(2)17-12(18)10-4-5-15-11(6-10)14-3/h4-7,9H,1-3H3,(H,14,15)(H,17,18). The molecule has 0 saturated carbocycles. The van der Waals surface area contributed by atoms with E-state index >= 15 is 0 Å². The molecule has 0 fully saturated rings. The molecule has 1 unspecified atom stereocenters. The second-order valence-electron chi connectivity index (χ2n) is 4.18. The number of carbonyl (C=O) groups excluding carboxylic acids is 1. The van der Waals surface area contributed by atoms with Crippen LogP contribution < -0.4 is 10.6 Å². The van der Waals surface area contributed by atoms with E-state index in [4.69, 9.17) is 4.42 Å². The molecule has 6 nitrogen and oxygen atoms in total. The van der Waals surface area contributed by atoms with Crippen molar-refractivity contribution in [1.29, 1.82) is 0 Å². The van der Waals surface area contributed by atoms with E-state index in [1.54, 1.807) is 31.6 Å². The molecule has 1 amide bonds. The van der Waals surface area contributed by atoms with Crippen LogP contribution in [0.4, 0.5) is 5.82 Å². The minimum Gasteiger partial charge on any atom is -0.444 e. The van der Waals surface area contributed by atoms with Crippen LogP contribution >= 0.6 is 0 Å². The summed E-state index contributed by atoms with van der Waals surface area (Å²) in [6, 6.07) is 3.06. The summed E-state index contributed by atoms with van der Waals surface area (Å²) < 4.78 is 5.38. The zero-order valence-electron chi connectivity index (χ0n) is 11.1. The maximum absolute atomic E-state index is 12.1. The van der Waals surface area contributed by atoms with Gasteiger partial charge < -0.3 is 15.1 Å². The lowest BCUT2D eigenvalue weighted by Gasteiger charge is -2.10. The molecular formula is C13H16N4O2. The van der Waals surface area contributed by atoms with Crippen molar-refractivity contribution < 1.29 is 9.21 Å². The monoisotopic (exact) mass is 260 g/mol. The van der Waals surface area contributed by atoms with E-state index in [1.165, 1.54) is 0 Å². The predicted molar refractivity (Wildman–Crippen MR) is 70.9 cm³/mol. The highest BCUT2D eigenvalue weighted by Gasteiger charge is 2.15. The summed E-state index contributed by atoms with van der Waals surface area (Å²) in [6.45, 7) is 3.64. The zero-order valence-corrected chi connectivity index (χ0v) is 11.1. The number of oxazole rings is 1. The van der Waals surface area contributed by atoms with Gasteiger partial charge in [-0.2, -0.15) is 0 Å². The van der Waals surface area contributed by atoms with Crippen molar-refractivity contribution in [3.05, 3.63) is 41.7 Å². The third kappa shape index (κ3) is 3.09. The number of anilines is 1. The molecule has 2 heterocycles. The first-order valence-electron chi connectivity index (χ1n) is 5.97. The topological polar surface area (TPSA) is 80.0 Å². The molecule has 0 saturated heterocycles. The average molecular weight is 260 g/mol. The van der Waals surface area contributed by atoms with E-state index in [1.807, 2.05) is 13.8 Å². The number of rotatable bonds is 4. The van der Waals surface area contributed by atoms with Crippen molar-refractivity contribution in [2.45, 2.75) is 19.9 Å². The van der Waals surface area contributed by atoms with Gasteiger partial charge in [0.2, 0.25) is 5.89 Å². The third-order valence-corrected chi connectivity index (χ3v) is 2.64. The quantitative estimate of drug-likeness (QED) is 0.877. The number of amides is 1. The number of nitrogens with zero attached hydrogens (tertiary/aromatic N) is 2. The average Bonchev–Trinajstić information content (AvgIpc) is 2.85. The zero-order chi connectivity index (χ0) is 13.8. The Labute approximate surface area is 111 Å².